The molecule has 1 amide bonds. The number of carbonyl (C=O) groups is 1. The van der Waals surface area contributed by atoms with Crippen LogP contribution < -0.4 is 5.32 Å². The van der Waals surface area contributed by atoms with Gasteiger partial charge in [-0.15, -0.1) is 0 Å². The van der Waals surface area contributed by atoms with Gasteiger partial charge in [0.15, 0.2) is 0 Å². The van der Waals surface area contributed by atoms with Crippen LogP contribution in [0.15, 0.2) is 12.2 Å². The summed E-state index contributed by atoms with van der Waals surface area (Å²) in [5, 5.41) is 44.0. The molecule has 0 radical (unpaired) electrons. The Morgan fingerprint density at radius 3 is 0.870 bits per heavy atom. The van der Waals surface area contributed by atoms with Crippen LogP contribution >= 0.6 is 0 Å². The molecule has 6 heteroatoms. The Hall–Kier alpha value is -0.950. The number of allylic oxidation sites excluding steroid dienone is 2. The first kappa shape index (κ1) is 68.0. The first-order valence-electron chi connectivity index (χ1n) is 31.6. The highest BCUT2D eigenvalue weighted by molar-refractivity contribution is 5.80. The van der Waals surface area contributed by atoms with E-state index in [0.717, 1.165) is 38.5 Å². The lowest BCUT2D eigenvalue weighted by Crippen LogP contribution is -2.53. The summed E-state index contributed by atoms with van der Waals surface area (Å²) in [5.41, 5.74) is 0. The van der Waals surface area contributed by atoms with Gasteiger partial charge in [0.1, 0.15) is 12.2 Å². The summed E-state index contributed by atoms with van der Waals surface area (Å²) in [5.74, 6) is -0.586. The molecule has 412 valence electrons. The van der Waals surface area contributed by atoms with E-state index in [9.17, 15) is 25.2 Å². The third-order valence-corrected chi connectivity index (χ3v) is 15.2. The number of unbranched alkanes of at least 4 members (excludes halogenated alkanes) is 48. The summed E-state index contributed by atoms with van der Waals surface area (Å²) in [6.07, 6.45) is 70.4. The van der Waals surface area contributed by atoms with Gasteiger partial charge in [0.25, 0.3) is 0 Å². The topological polar surface area (TPSA) is 110 Å². The molecule has 5 N–H and O–H groups in total. The van der Waals surface area contributed by atoms with Crippen LogP contribution in [0.5, 0.6) is 0 Å². The molecule has 0 rings (SSSR count). The summed E-state index contributed by atoms with van der Waals surface area (Å²) < 4.78 is 0. The Morgan fingerprint density at radius 2 is 0.594 bits per heavy atom. The van der Waals surface area contributed by atoms with E-state index in [2.05, 4.69) is 31.3 Å². The van der Waals surface area contributed by atoms with Gasteiger partial charge in [-0.1, -0.05) is 328 Å². The Morgan fingerprint density at radius 1 is 0.348 bits per heavy atom. The quantitative estimate of drug-likeness (QED) is 0.0308. The van der Waals surface area contributed by atoms with Crippen LogP contribution in [0.3, 0.4) is 0 Å². The normalized spacial score (nSPS) is 13.7. The maximum atomic E-state index is 12.6. The third-order valence-electron chi connectivity index (χ3n) is 15.2. The summed E-state index contributed by atoms with van der Waals surface area (Å²) >= 11 is 0. The number of nitrogens with one attached hydrogen (secondary N) is 1. The molecule has 0 aliphatic carbocycles. The van der Waals surface area contributed by atoms with Gasteiger partial charge in [0.2, 0.25) is 5.91 Å². The number of hydrogen-bond donors (Lipinski definition) is 5. The van der Waals surface area contributed by atoms with Crippen molar-refractivity contribution in [1.29, 1.82) is 0 Å². The van der Waals surface area contributed by atoms with Crippen molar-refractivity contribution in [1.82, 2.24) is 5.32 Å². The molecule has 0 saturated heterocycles. The van der Waals surface area contributed by atoms with Crippen molar-refractivity contribution in [2.45, 2.75) is 379 Å². The smallest absolute Gasteiger partial charge is 0.249 e. The molecule has 0 aromatic rings. The van der Waals surface area contributed by atoms with Crippen LogP contribution in [0.25, 0.3) is 0 Å². The standard InChI is InChI=1S/C63H125NO5/c1-3-5-7-9-11-13-15-17-19-21-22-23-24-25-26-27-28-29-30-31-32-33-34-35-36-37-38-39-41-43-45-47-49-51-53-55-57-61(67)63(69)64-59(58-65)62(68)60(66)56-54-52-50-48-46-44-42-40-20-18-16-14-12-10-8-6-4-2/h48,50,59-62,65-68H,3-47,49,51-58H2,1-2H3,(H,64,69)/b50-48+. The lowest BCUT2D eigenvalue weighted by atomic mass is 10.00. The first-order chi connectivity index (χ1) is 34.0. The molecule has 69 heavy (non-hydrogen) atoms. The highest BCUT2D eigenvalue weighted by Crippen LogP contribution is 2.19. The number of aliphatic hydroxyl groups excluding tert-OH is 4. The molecule has 0 aliphatic heterocycles. The van der Waals surface area contributed by atoms with Gasteiger partial charge >= 0.3 is 0 Å². The lowest BCUT2D eigenvalue weighted by molar-refractivity contribution is -0.132. The molecule has 0 spiro atoms. The lowest BCUT2D eigenvalue weighted by Gasteiger charge is -2.27. The molecule has 6 nitrogen and oxygen atoms in total. The monoisotopic (exact) mass is 976 g/mol. The van der Waals surface area contributed by atoms with Gasteiger partial charge in [0, 0.05) is 0 Å². The summed E-state index contributed by atoms with van der Waals surface area (Å²) in [4.78, 5) is 12.6. The second kappa shape index (κ2) is 57.9. The molecule has 4 atom stereocenters. The predicted octanol–water partition coefficient (Wildman–Crippen LogP) is 18.8. The third kappa shape index (κ3) is 51.7. The highest BCUT2D eigenvalue weighted by atomic mass is 16.3. The zero-order chi connectivity index (χ0) is 50.2. The average molecular weight is 977 g/mol. The van der Waals surface area contributed by atoms with E-state index in [1.807, 2.05) is 0 Å². The highest BCUT2D eigenvalue weighted by Gasteiger charge is 2.28. The molecule has 4 unspecified atom stereocenters. The van der Waals surface area contributed by atoms with Crippen LogP contribution in [-0.4, -0.2) is 57.3 Å². The van der Waals surface area contributed by atoms with Crippen molar-refractivity contribution in [2.24, 2.45) is 0 Å². The van der Waals surface area contributed by atoms with Crippen molar-refractivity contribution >= 4 is 5.91 Å². The van der Waals surface area contributed by atoms with E-state index in [-0.39, 0.29) is 0 Å². The number of amides is 1. The maximum Gasteiger partial charge on any atom is 0.249 e. The van der Waals surface area contributed by atoms with Crippen molar-refractivity contribution in [2.75, 3.05) is 6.61 Å². The summed E-state index contributed by atoms with van der Waals surface area (Å²) in [6, 6.07) is -0.999. The van der Waals surface area contributed by atoms with Gasteiger partial charge in [-0.25, -0.2) is 0 Å². The minimum Gasteiger partial charge on any atom is -0.394 e. The van der Waals surface area contributed by atoms with Gasteiger partial charge < -0.3 is 25.7 Å². The van der Waals surface area contributed by atoms with Crippen molar-refractivity contribution in [3.8, 4) is 0 Å². The second-order valence-electron chi connectivity index (χ2n) is 22.1. The van der Waals surface area contributed by atoms with E-state index < -0.39 is 36.9 Å². The Labute approximate surface area is 432 Å². The van der Waals surface area contributed by atoms with Crippen LogP contribution in [0.1, 0.15) is 354 Å². The second-order valence-corrected chi connectivity index (χ2v) is 22.1. The van der Waals surface area contributed by atoms with Crippen molar-refractivity contribution < 1.29 is 25.2 Å². The number of rotatable bonds is 59. The van der Waals surface area contributed by atoms with Crippen LogP contribution in [0, 0.1) is 0 Å². The van der Waals surface area contributed by atoms with E-state index in [0.29, 0.717) is 12.8 Å². The SMILES string of the molecule is CCCCCCCCCCCCCC/C=C/CCCC(O)C(O)C(CO)NC(=O)C(O)CCCCCCCCCCCCCCCCCCCCCCCCCCCCCCCCCCCCCC. The number of aliphatic hydroxyl groups is 4. The molecular formula is C63H125NO5. The van der Waals surface area contributed by atoms with E-state index in [1.54, 1.807) is 0 Å². The van der Waals surface area contributed by atoms with Crippen LogP contribution in [-0.2, 0) is 4.79 Å². The Kier molecular flexibility index (Phi) is 57.1. The molecule has 0 aromatic carbocycles. The van der Waals surface area contributed by atoms with Crippen molar-refractivity contribution in [3.05, 3.63) is 12.2 Å². The average Bonchev–Trinajstić information content (AvgIpc) is 3.35. The van der Waals surface area contributed by atoms with Gasteiger partial charge in [-0.05, 0) is 38.5 Å². The largest absolute Gasteiger partial charge is 0.394 e. The summed E-state index contributed by atoms with van der Waals surface area (Å²) in [6.45, 7) is 4.08. The zero-order valence-electron chi connectivity index (χ0n) is 46.8. The zero-order valence-corrected chi connectivity index (χ0v) is 46.8. The minimum atomic E-state index is -1.28. The van der Waals surface area contributed by atoms with E-state index >= 15 is 0 Å². The molecule has 0 saturated carbocycles. The fourth-order valence-corrected chi connectivity index (χ4v) is 10.3. The number of carbonyl (C=O) groups excluding carboxylic acids is 1. The predicted molar refractivity (Wildman–Crippen MR) is 302 cm³/mol. The Bertz CT molecular complexity index is 1010. The molecule has 0 aromatic heterocycles. The Balaban J connectivity index is 3.51. The summed E-state index contributed by atoms with van der Waals surface area (Å²) in [7, 11) is 0. The fraction of sp³-hybridized carbons (Fsp3) is 0.952. The van der Waals surface area contributed by atoms with Gasteiger partial charge in [-0.2, -0.15) is 0 Å². The first-order valence-corrected chi connectivity index (χ1v) is 31.6. The van der Waals surface area contributed by atoms with Crippen LogP contribution in [0.4, 0.5) is 0 Å². The molecule has 0 aliphatic rings. The molecule has 0 fully saturated rings. The van der Waals surface area contributed by atoms with Gasteiger partial charge in [0.05, 0.1) is 18.8 Å². The maximum absolute atomic E-state index is 12.6. The molecule has 0 heterocycles. The van der Waals surface area contributed by atoms with E-state index in [1.165, 1.54) is 289 Å². The molecule has 0 bridgehead atoms. The van der Waals surface area contributed by atoms with Gasteiger partial charge in [-0.3, -0.25) is 4.79 Å². The minimum absolute atomic E-state index is 0.369. The molecular weight excluding hydrogens is 851 g/mol. The van der Waals surface area contributed by atoms with Crippen molar-refractivity contribution in [3.63, 3.8) is 0 Å². The van der Waals surface area contributed by atoms with Crippen LogP contribution in [0.2, 0.25) is 0 Å². The number of hydrogen-bond acceptors (Lipinski definition) is 5. The van der Waals surface area contributed by atoms with E-state index in [4.69, 9.17) is 0 Å². The fourth-order valence-electron chi connectivity index (χ4n) is 10.3.